The first-order valence-electron chi connectivity index (χ1n) is 25.6. The van der Waals surface area contributed by atoms with Gasteiger partial charge in [-0.05, 0) is 118 Å². The Hall–Kier alpha value is -7.58. The van der Waals surface area contributed by atoms with Crippen LogP contribution in [0.4, 0.5) is 9.59 Å². The lowest BCUT2D eigenvalue weighted by molar-refractivity contribution is -0.147. The maximum atomic E-state index is 13.7. The maximum absolute atomic E-state index is 13.7. The summed E-state index contributed by atoms with van der Waals surface area (Å²) in [5.74, 6) is 7.71. The quantitative estimate of drug-likeness (QED) is 0.0336. The van der Waals surface area contributed by atoms with Gasteiger partial charge in [-0.3, -0.25) is 9.59 Å². The van der Waals surface area contributed by atoms with Gasteiger partial charge in [-0.2, -0.15) is 0 Å². The van der Waals surface area contributed by atoms with Crippen molar-refractivity contribution < 1.29 is 47.7 Å². The molecule has 0 radical (unpaired) electrons. The third-order valence-electron chi connectivity index (χ3n) is 12.7. The zero-order valence-corrected chi connectivity index (χ0v) is 43.8. The predicted molar refractivity (Wildman–Crippen MR) is 283 cm³/mol. The molecule has 4 atom stereocenters. The molecule has 4 aromatic carbocycles. The Labute approximate surface area is 435 Å². The number of hydrogen-bond donors (Lipinski definition) is 4. The molecule has 0 fully saturated rings. The molecule has 0 heterocycles. The first kappa shape index (κ1) is 55.7. The molecule has 0 spiro atoms. The average Bonchev–Trinajstić information content (AvgIpc) is 3.86. The van der Waals surface area contributed by atoms with E-state index in [1.54, 1.807) is 0 Å². The number of ether oxygens (including phenoxy) is 4. The predicted octanol–water partition coefficient (Wildman–Crippen LogP) is 9.05. The van der Waals surface area contributed by atoms with Gasteiger partial charge in [0, 0.05) is 11.8 Å². The van der Waals surface area contributed by atoms with E-state index in [9.17, 15) is 28.8 Å². The molecule has 6 rings (SSSR count). The molecule has 2 aliphatic carbocycles. The van der Waals surface area contributed by atoms with Gasteiger partial charge >= 0.3 is 24.1 Å². The van der Waals surface area contributed by atoms with E-state index < -0.39 is 60.1 Å². The monoisotopic (exact) mass is 1010 g/mol. The largest absolute Gasteiger partial charge is 0.451 e. The minimum Gasteiger partial charge on any atom is -0.451 e. The Morgan fingerprint density at radius 1 is 0.405 bits per heavy atom. The van der Waals surface area contributed by atoms with Crippen LogP contribution in [-0.4, -0.2) is 86.5 Å². The second-order valence-corrected chi connectivity index (χ2v) is 20.5. The normalized spacial score (nSPS) is 13.8. The number of carbonyl (C=O) groups is 6. The summed E-state index contributed by atoms with van der Waals surface area (Å²) in [6.45, 7) is 14.9. The van der Waals surface area contributed by atoms with Crippen LogP contribution in [0.15, 0.2) is 97.1 Å². The molecule has 4 amide bonds. The van der Waals surface area contributed by atoms with Crippen LogP contribution in [0.1, 0.15) is 115 Å². The standard InChI is InChI=1S/C60H70N4O10/c1-37(2)31-51(63-59(69)73-35-49-45-25-15-11-21-41(45)42-22-12-16-26-46(42)49)55(65)61-53(33-39(5)6)57(67)71-29-19-9-10-20-30-72-58(68)54(34-40(7)8)62-56(66)52(32-38(3)4)64-60(70)74-36-50-47-27-17-13-23-43(47)44-24-14-18-28-48(44)50/h11-18,21-28,37-40,49-54H,29-36H2,1-8H3,(H,61,65)(H,62,66)(H,63,69)(H,64,70)/t51-,52-,53+,54+/m1/s1. The highest BCUT2D eigenvalue weighted by molar-refractivity contribution is 5.91. The lowest BCUT2D eigenvalue weighted by Gasteiger charge is -2.24. The molecular weight excluding hydrogens is 937 g/mol. The summed E-state index contributed by atoms with van der Waals surface area (Å²) in [6, 6.07) is 28.1. The fraction of sp³-hybridized carbons (Fsp3) is 0.433. The molecule has 74 heavy (non-hydrogen) atoms. The van der Waals surface area contributed by atoms with E-state index >= 15 is 0 Å². The first-order chi connectivity index (χ1) is 35.5. The molecule has 0 saturated carbocycles. The van der Waals surface area contributed by atoms with Crippen molar-refractivity contribution in [2.75, 3.05) is 26.4 Å². The second-order valence-electron chi connectivity index (χ2n) is 20.5. The highest BCUT2D eigenvalue weighted by Crippen LogP contribution is 2.45. The molecule has 0 bridgehead atoms. The van der Waals surface area contributed by atoms with Crippen LogP contribution >= 0.6 is 0 Å². The van der Waals surface area contributed by atoms with Crippen LogP contribution in [0.3, 0.4) is 0 Å². The summed E-state index contributed by atoms with van der Waals surface area (Å²) in [7, 11) is 0. The molecule has 2 aliphatic rings. The molecule has 4 aromatic rings. The summed E-state index contributed by atoms with van der Waals surface area (Å²) < 4.78 is 22.3. The lowest BCUT2D eigenvalue weighted by atomic mass is 9.98. The molecule has 390 valence electrons. The van der Waals surface area contributed by atoms with Crippen molar-refractivity contribution in [1.29, 1.82) is 0 Å². The summed E-state index contributed by atoms with van der Waals surface area (Å²) in [4.78, 5) is 80.4. The summed E-state index contributed by atoms with van der Waals surface area (Å²) >= 11 is 0. The van der Waals surface area contributed by atoms with Gasteiger partial charge in [0.25, 0.3) is 0 Å². The van der Waals surface area contributed by atoms with Gasteiger partial charge in [0.15, 0.2) is 13.2 Å². The number of nitrogens with one attached hydrogen (secondary N) is 4. The molecule has 14 heteroatoms. The average molecular weight is 1010 g/mol. The number of alkyl carbamates (subject to hydrolysis) is 2. The summed E-state index contributed by atoms with van der Waals surface area (Å²) in [6.07, 6.45) is -0.335. The van der Waals surface area contributed by atoms with Crippen LogP contribution in [0.25, 0.3) is 22.3 Å². The van der Waals surface area contributed by atoms with Gasteiger partial charge < -0.3 is 40.2 Å². The van der Waals surface area contributed by atoms with E-state index in [-0.39, 0.29) is 74.8 Å². The van der Waals surface area contributed by atoms with Gasteiger partial charge in [-0.1, -0.05) is 152 Å². The highest BCUT2D eigenvalue weighted by atomic mass is 16.6. The third kappa shape index (κ3) is 15.5. The van der Waals surface area contributed by atoms with Crippen LogP contribution in [0, 0.1) is 47.4 Å². The van der Waals surface area contributed by atoms with Crippen molar-refractivity contribution >= 4 is 35.9 Å². The van der Waals surface area contributed by atoms with Crippen molar-refractivity contribution in [2.45, 2.75) is 117 Å². The van der Waals surface area contributed by atoms with Crippen LogP contribution in [0.5, 0.6) is 0 Å². The molecule has 0 unspecified atom stereocenters. The Kier molecular flexibility index (Phi) is 20.3. The Balaban J connectivity index is 0.961. The number of carbonyl (C=O) groups excluding carboxylic acids is 6. The molecule has 4 N–H and O–H groups in total. The van der Waals surface area contributed by atoms with E-state index in [1.165, 1.54) is 0 Å². The van der Waals surface area contributed by atoms with Crippen molar-refractivity contribution in [3.63, 3.8) is 0 Å². The number of benzene rings is 4. The zero-order chi connectivity index (χ0) is 53.3. The number of rotatable bonds is 22. The van der Waals surface area contributed by atoms with Gasteiger partial charge in [0.1, 0.15) is 37.4 Å². The molecular formula is C60H70N4O10. The Morgan fingerprint density at radius 3 is 0.986 bits per heavy atom. The van der Waals surface area contributed by atoms with E-state index in [2.05, 4.69) is 69.2 Å². The molecule has 0 aromatic heterocycles. The Morgan fingerprint density at radius 2 is 0.689 bits per heavy atom. The minimum absolute atomic E-state index is 0.00646. The third-order valence-corrected chi connectivity index (χ3v) is 12.7. The van der Waals surface area contributed by atoms with Crippen molar-refractivity contribution in [3.05, 3.63) is 119 Å². The first-order valence-corrected chi connectivity index (χ1v) is 25.6. The molecule has 0 saturated heterocycles. The van der Waals surface area contributed by atoms with Crippen molar-refractivity contribution in [1.82, 2.24) is 21.3 Å². The molecule has 14 nitrogen and oxygen atoms in total. The second kappa shape index (κ2) is 26.9. The Bertz CT molecular complexity index is 2480. The summed E-state index contributed by atoms with van der Waals surface area (Å²) in [5.41, 5.74) is 8.67. The lowest BCUT2D eigenvalue weighted by Crippen LogP contribution is -2.52. The molecule has 0 aliphatic heterocycles. The fourth-order valence-corrected chi connectivity index (χ4v) is 9.46. The number of esters is 2. The number of amides is 4. The van der Waals surface area contributed by atoms with Crippen LogP contribution in [-0.2, 0) is 38.1 Å². The smallest absolute Gasteiger partial charge is 0.407 e. The minimum atomic E-state index is -1.02. The van der Waals surface area contributed by atoms with E-state index in [0.29, 0.717) is 12.8 Å². The number of hydrogen-bond acceptors (Lipinski definition) is 10. The van der Waals surface area contributed by atoms with Crippen molar-refractivity contribution in [2.24, 2.45) is 23.7 Å². The van der Waals surface area contributed by atoms with E-state index in [1.807, 2.05) is 128 Å². The van der Waals surface area contributed by atoms with Gasteiger partial charge in [0.2, 0.25) is 11.8 Å². The van der Waals surface area contributed by atoms with Crippen LogP contribution < -0.4 is 21.3 Å². The number of fused-ring (bicyclic) bond motifs is 6. The van der Waals surface area contributed by atoms with E-state index in [4.69, 9.17) is 18.9 Å². The summed E-state index contributed by atoms with van der Waals surface area (Å²) in [5, 5.41) is 11.0. The zero-order valence-electron chi connectivity index (χ0n) is 43.8. The van der Waals surface area contributed by atoms with Gasteiger partial charge in [-0.15, -0.1) is 0 Å². The van der Waals surface area contributed by atoms with Gasteiger partial charge in [0.05, 0.1) is 0 Å². The fourth-order valence-electron chi connectivity index (χ4n) is 9.46. The van der Waals surface area contributed by atoms with Gasteiger partial charge in [-0.25, -0.2) is 19.2 Å². The van der Waals surface area contributed by atoms with Crippen LogP contribution in [0.2, 0.25) is 0 Å². The maximum Gasteiger partial charge on any atom is 0.407 e. The van der Waals surface area contributed by atoms with Crippen molar-refractivity contribution in [3.8, 4) is 45.9 Å². The topological polar surface area (TPSA) is 187 Å². The highest BCUT2D eigenvalue weighted by Gasteiger charge is 2.34. The van der Waals surface area contributed by atoms with E-state index in [0.717, 1.165) is 44.5 Å². The SMILES string of the molecule is CC(C)C[C@H](NC(=O)[C@@H](CC(C)C)NC(=O)OCC1c2ccccc2-c2ccccc21)C(=O)OCC#CC#CCOC(=O)[C@H](CC(C)C)NC(=O)[C@@H](CC(C)C)NC(=O)OCC1c2ccccc2-c2ccccc21.